The van der Waals surface area contributed by atoms with Crippen molar-refractivity contribution >= 4 is 27.5 Å². The maximum absolute atomic E-state index is 12.0. The molecule has 1 amide bonds. The summed E-state index contributed by atoms with van der Waals surface area (Å²) in [6, 6.07) is 0. The highest BCUT2D eigenvalue weighted by atomic mass is 79.9. The lowest BCUT2D eigenvalue weighted by Crippen LogP contribution is -2.18. The summed E-state index contributed by atoms with van der Waals surface area (Å²) in [6.45, 7) is 5.71. The molecular formula is C15H18BrN7O. The summed E-state index contributed by atoms with van der Waals surface area (Å²) in [6.07, 6.45) is 8.69. The second-order valence-electron chi connectivity index (χ2n) is 5.40. The predicted molar refractivity (Wildman–Crippen MR) is 92.5 cm³/mol. The summed E-state index contributed by atoms with van der Waals surface area (Å²) in [5, 5.41) is 15.5. The fraction of sp³-hybridized carbons (Fsp3) is 0.333. The van der Waals surface area contributed by atoms with Crippen molar-refractivity contribution in [2.24, 2.45) is 0 Å². The van der Waals surface area contributed by atoms with Crippen molar-refractivity contribution in [1.82, 2.24) is 29.3 Å². The Bertz CT molecular complexity index is 848. The van der Waals surface area contributed by atoms with Crippen LogP contribution in [0.3, 0.4) is 0 Å². The molecule has 0 bridgehead atoms. The van der Waals surface area contributed by atoms with Crippen molar-refractivity contribution < 1.29 is 4.79 Å². The van der Waals surface area contributed by atoms with Gasteiger partial charge in [-0.1, -0.05) is 0 Å². The van der Waals surface area contributed by atoms with E-state index < -0.39 is 0 Å². The quantitative estimate of drug-likeness (QED) is 0.696. The third-order valence-corrected chi connectivity index (χ3v) is 4.07. The van der Waals surface area contributed by atoms with Crippen LogP contribution in [0.2, 0.25) is 0 Å². The number of nitrogens with one attached hydrogen (secondary N) is 1. The van der Waals surface area contributed by atoms with Crippen LogP contribution in [0.5, 0.6) is 0 Å². The SMILES string of the molecule is CCn1ncc(Cn2cc(NC(=O)Cn3cc(Br)cn3)cn2)c1C. The Balaban J connectivity index is 1.60. The van der Waals surface area contributed by atoms with Gasteiger partial charge in [0.15, 0.2) is 0 Å². The topological polar surface area (TPSA) is 82.6 Å². The van der Waals surface area contributed by atoms with E-state index in [1.54, 1.807) is 34.2 Å². The van der Waals surface area contributed by atoms with Crippen LogP contribution in [0.4, 0.5) is 5.69 Å². The molecule has 3 aromatic heterocycles. The highest BCUT2D eigenvalue weighted by molar-refractivity contribution is 9.10. The summed E-state index contributed by atoms with van der Waals surface area (Å²) < 4.78 is 6.13. The molecule has 0 saturated carbocycles. The second-order valence-corrected chi connectivity index (χ2v) is 6.32. The van der Waals surface area contributed by atoms with Crippen LogP contribution in [-0.4, -0.2) is 35.2 Å². The Labute approximate surface area is 147 Å². The molecule has 8 nitrogen and oxygen atoms in total. The molecule has 126 valence electrons. The number of nitrogens with zero attached hydrogens (tertiary/aromatic N) is 6. The molecule has 0 saturated heterocycles. The first-order valence-electron chi connectivity index (χ1n) is 7.56. The molecule has 3 rings (SSSR count). The first kappa shape index (κ1) is 16.4. The van der Waals surface area contributed by atoms with Gasteiger partial charge in [-0.3, -0.25) is 18.8 Å². The lowest BCUT2D eigenvalue weighted by Gasteiger charge is -2.03. The van der Waals surface area contributed by atoms with E-state index in [1.807, 2.05) is 17.8 Å². The van der Waals surface area contributed by atoms with E-state index >= 15 is 0 Å². The van der Waals surface area contributed by atoms with Crippen LogP contribution >= 0.6 is 15.9 Å². The van der Waals surface area contributed by atoms with Crippen LogP contribution in [0.1, 0.15) is 18.2 Å². The van der Waals surface area contributed by atoms with E-state index in [4.69, 9.17) is 0 Å². The minimum atomic E-state index is -0.153. The molecule has 3 heterocycles. The van der Waals surface area contributed by atoms with Gasteiger partial charge in [0.1, 0.15) is 6.54 Å². The van der Waals surface area contributed by atoms with Gasteiger partial charge >= 0.3 is 0 Å². The number of aromatic nitrogens is 6. The first-order chi connectivity index (χ1) is 11.5. The molecule has 0 aliphatic rings. The highest BCUT2D eigenvalue weighted by Crippen LogP contribution is 2.12. The summed E-state index contributed by atoms with van der Waals surface area (Å²) in [5.41, 5.74) is 2.90. The van der Waals surface area contributed by atoms with E-state index in [9.17, 15) is 4.79 Å². The van der Waals surface area contributed by atoms with Gasteiger partial charge in [-0.2, -0.15) is 15.3 Å². The average Bonchev–Trinajstić information content (AvgIpc) is 3.23. The van der Waals surface area contributed by atoms with Crippen molar-refractivity contribution in [2.75, 3.05) is 5.32 Å². The van der Waals surface area contributed by atoms with Gasteiger partial charge in [-0.25, -0.2) is 0 Å². The van der Waals surface area contributed by atoms with Gasteiger partial charge < -0.3 is 5.32 Å². The minimum absolute atomic E-state index is 0.152. The number of halogens is 1. The van der Waals surface area contributed by atoms with Gasteiger partial charge in [0.05, 0.1) is 35.3 Å². The van der Waals surface area contributed by atoms with Crippen LogP contribution in [0.25, 0.3) is 0 Å². The van der Waals surface area contributed by atoms with E-state index in [1.165, 1.54) is 0 Å². The first-order valence-corrected chi connectivity index (χ1v) is 8.36. The zero-order valence-corrected chi connectivity index (χ0v) is 15.1. The second kappa shape index (κ2) is 7.00. The molecule has 0 unspecified atom stereocenters. The fourth-order valence-corrected chi connectivity index (χ4v) is 2.75. The number of carbonyl (C=O) groups excluding carboxylic acids is 1. The Kier molecular flexibility index (Phi) is 4.79. The van der Waals surface area contributed by atoms with Gasteiger partial charge in [-0.15, -0.1) is 0 Å². The smallest absolute Gasteiger partial charge is 0.246 e. The molecule has 0 aliphatic carbocycles. The molecule has 3 aromatic rings. The van der Waals surface area contributed by atoms with E-state index in [-0.39, 0.29) is 12.5 Å². The fourth-order valence-electron chi connectivity index (χ4n) is 2.42. The minimum Gasteiger partial charge on any atom is -0.322 e. The molecule has 0 fully saturated rings. The Hall–Kier alpha value is -2.42. The molecular weight excluding hydrogens is 374 g/mol. The zero-order valence-electron chi connectivity index (χ0n) is 13.5. The third kappa shape index (κ3) is 3.73. The van der Waals surface area contributed by atoms with E-state index in [0.717, 1.165) is 22.3 Å². The lowest BCUT2D eigenvalue weighted by molar-refractivity contribution is -0.116. The van der Waals surface area contributed by atoms with Gasteiger partial charge in [0.25, 0.3) is 0 Å². The molecule has 1 N–H and O–H groups in total. The van der Waals surface area contributed by atoms with Crippen LogP contribution < -0.4 is 5.32 Å². The van der Waals surface area contributed by atoms with Crippen molar-refractivity contribution in [3.63, 3.8) is 0 Å². The lowest BCUT2D eigenvalue weighted by atomic mass is 10.2. The third-order valence-electron chi connectivity index (χ3n) is 3.66. The Morgan fingerprint density at radius 2 is 1.96 bits per heavy atom. The largest absolute Gasteiger partial charge is 0.322 e. The monoisotopic (exact) mass is 391 g/mol. The van der Waals surface area contributed by atoms with Gasteiger partial charge in [0, 0.05) is 30.2 Å². The van der Waals surface area contributed by atoms with E-state index in [2.05, 4.69) is 43.5 Å². The number of aryl methyl sites for hydroxylation is 1. The number of hydrogen-bond donors (Lipinski definition) is 1. The maximum atomic E-state index is 12.0. The number of anilines is 1. The standard InChI is InChI=1S/C15H18BrN7O/c1-3-23-11(2)12(4-19-23)7-21-9-14(6-18-21)20-15(24)10-22-8-13(16)5-17-22/h4-6,8-9H,3,7,10H2,1-2H3,(H,20,24). The molecule has 24 heavy (non-hydrogen) atoms. The predicted octanol–water partition coefficient (Wildman–Crippen LogP) is 2.05. The molecule has 0 spiro atoms. The summed E-state index contributed by atoms with van der Waals surface area (Å²) >= 11 is 3.30. The van der Waals surface area contributed by atoms with Crippen LogP contribution in [0, 0.1) is 6.92 Å². The highest BCUT2D eigenvalue weighted by Gasteiger charge is 2.09. The summed E-state index contributed by atoms with van der Waals surface area (Å²) in [5.74, 6) is -0.153. The van der Waals surface area contributed by atoms with Crippen LogP contribution in [-0.2, 0) is 24.4 Å². The molecule has 0 atom stereocenters. The molecule has 9 heteroatoms. The normalized spacial score (nSPS) is 11.0. The van der Waals surface area contributed by atoms with Crippen molar-refractivity contribution in [1.29, 1.82) is 0 Å². The van der Waals surface area contributed by atoms with Crippen LogP contribution in [0.15, 0.2) is 35.5 Å². The molecule has 0 aromatic carbocycles. The van der Waals surface area contributed by atoms with Crippen molar-refractivity contribution in [2.45, 2.75) is 33.5 Å². The number of hydrogen-bond acceptors (Lipinski definition) is 4. The Morgan fingerprint density at radius 3 is 2.62 bits per heavy atom. The van der Waals surface area contributed by atoms with E-state index in [0.29, 0.717) is 12.2 Å². The summed E-state index contributed by atoms with van der Waals surface area (Å²) in [7, 11) is 0. The molecule has 0 aliphatic heterocycles. The zero-order chi connectivity index (χ0) is 17.1. The summed E-state index contributed by atoms with van der Waals surface area (Å²) in [4.78, 5) is 12.0. The number of carbonyl (C=O) groups is 1. The maximum Gasteiger partial charge on any atom is 0.246 e. The van der Waals surface area contributed by atoms with Crippen molar-refractivity contribution in [3.8, 4) is 0 Å². The molecule has 0 radical (unpaired) electrons. The van der Waals surface area contributed by atoms with Crippen molar-refractivity contribution in [3.05, 3.63) is 46.7 Å². The number of amides is 1. The Morgan fingerprint density at radius 1 is 1.17 bits per heavy atom. The average molecular weight is 392 g/mol. The number of rotatable bonds is 6. The van der Waals surface area contributed by atoms with Gasteiger partial charge in [-0.05, 0) is 29.8 Å². The van der Waals surface area contributed by atoms with Gasteiger partial charge in [0.2, 0.25) is 5.91 Å².